The Balaban J connectivity index is 1.93. The third-order valence-electron chi connectivity index (χ3n) is 5.41. The predicted octanol–water partition coefficient (Wildman–Crippen LogP) is 2.76. The molecule has 2 aliphatic rings. The molecule has 5 atom stereocenters. The van der Waals surface area contributed by atoms with Crippen molar-refractivity contribution < 1.29 is 4.74 Å². The summed E-state index contributed by atoms with van der Waals surface area (Å²) in [5.74, 6) is 2.52. The smallest absolute Gasteiger partial charge is 0.0698 e. The summed E-state index contributed by atoms with van der Waals surface area (Å²) < 4.78 is 5.57. The van der Waals surface area contributed by atoms with E-state index in [1.165, 1.54) is 38.8 Å². The molecule has 1 saturated carbocycles. The van der Waals surface area contributed by atoms with Gasteiger partial charge in [-0.05, 0) is 56.5 Å². The third-order valence-corrected chi connectivity index (χ3v) is 5.41. The fourth-order valence-electron chi connectivity index (χ4n) is 4.38. The first-order valence-electron chi connectivity index (χ1n) is 8.62. The Morgan fingerprint density at radius 3 is 2.75 bits per heavy atom. The van der Waals surface area contributed by atoms with E-state index in [0.29, 0.717) is 12.1 Å². The number of piperidine rings is 1. The van der Waals surface area contributed by atoms with Crippen LogP contribution in [-0.4, -0.2) is 50.3 Å². The van der Waals surface area contributed by atoms with Crippen molar-refractivity contribution in [3.8, 4) is 0 Å². The predicted molar refractivity (Wildman–Crippen MR) is 85.0 cm³/mol. The van der Waals surface area contributed by atoms with Crippen LogP contribution in [0.2, 0.25) is 0 Å². The van der Waals surface area contributed by atoms with E-state index in [-0.39, 0.29) is 0 Å². The molecular formula is C17H34N2O. The number of hydrogen-bond donors (Lipinski definition) is 1. The van der Waals surface area contributed by atoms with Gasteiger partial charge in [0.25, 0.3) is 0 Å². The first-order chi connectivity index (χ1) is 9.63. The van der Waals surface area contributed by atoms with Crippen LogP contribution < -0.4 is 5.32 Å². The second-order valence-corrected chi connectivity index (χ2v) is 7.14. The summed E-state index contributed by atoms with van der Waals surface area (Å²) in [5, 5.41) is 3.75. The maximum atomic E-state index is 5.57. The van der Waals surface area contributed by atoms with Gasteiger partial charge in [0, 0.05) is 26.2 Å². The number of rotatable bonds is 5. The molecule has 2 fully saturated rings. The SMILES string of the molecule is CCNC1CC(C)CC(C)C1CN1CCCC(OC)C1. The quantitative estimate of drug-likeness (QED) is 0.839. The van der Waals surface area contributed by atoms with Crippen molar-refractivity contribution in [2.24, 2.45) is 17.8 Å². The molecule has 0 spiro atoms. The van der Waals surface area contributed by atoms with E-state index >= 15 is 0 Å². The molecule has 2 rings (SSSR count). The Morgan fingerprint density at radius 1 is 1.25 bits per heavy atom. The van der Waals surface area contributed by atoms with E-state index < -0.39 is 0 Å². The molecular weight excluding hydrogens is 248 g/mol. The van der Waals surface area contributed by atoms with Crippen LogP contribution in [0, 0.1) is 17.8 Å². The molecule has 0 bridgehead atoms. The number of ether oxygens (including phenoxy) is 1. The van der Waals surface area contributed by atoms with Crippen LogP contribution >= 0.6 is 0 Å². The highest BCUT2D eigenvalue weighted by atomic mass is 16.5. The summed E-state index contributed by atoms with van der Waals surface area (Å²) in [6.45, 7) is 11.9. The topological polar surface area (TPSA) is 24.5 Å². The van der Waals surface area contributed by atoms with Gasteiger partial charge in [-0.2, -0.15) is 0 Å². The molecule has 0 radical (unpaired) electrons. The second-order valence-electron chi connectivity index (χ2n) is 7.14. The van der Waals surface area contributed by atoms with Crippen molar-refractivity contribution in [2.45, 2.75) is 58.6 Å². The Hall–Kier alpha value is -0.120. The maximum Gasteiger partial charge on any atom is 0.0698 e. The molecule has 0 aromatic rings. The number of methoxy groups -OCH3 is 1. The summed E-state index contributed by atoms with van der Waals surface area (Å²) in [5.41, 5.74) is 0. The van der Waals surface area contributed by atoms with Crippen molar-refractivity contribution in [1.29, 1.82) is 0 Å². The van der Waals surface area contributed by atoms with Gasteiger partial charge >= 0.3 is 0 Å². The van der Waals surface area contributed by atoms with Crippen LogP contribution in [0.25, 0.3) is 0 Å². The van der Waals surface area contributed by atoms with Crippen molar-refractivity contribution in [1.82, 2.24) is 10.2 Å². The Kier molecular flexibility index (Phi) is 6.31. The van der Waals surface area contributed by atoms with E-state index in [0.717, 1.165) is 30.8 Å². The molecule has 3 nitrogen and oxygen atoms in total. The number of likely N-dealkylation sites (tertiary alicyclic amines) is 1. The monoisotopic (exact) mass is 282 g/mol. The van der Waals surface area contributed by atoms with Crippen LogP contribution in [0.15, 0.2) is 0 Å². The summed E-state index contributed by atoms with van der Waals surface area (Å²) >= 11 is 0. The fourth-order valence-corrected chi connectivity index (χ4v) is 4.38. The lowest BCUT2D eigenvalue weighted by atomic mass is 9.72. The van der Waals surface area contributed by atoms with Gasteiger partial charge in [0.1, 0.15) is 0 Å². The highest BCUT2D eigenvalue weighted by molar-refractivity contribution is 4.90. The Labute approximate surface area is 125 Å². The first-order valence-corrected chi connectivity index (χ1v) is 8.62. The van der Waals surface area contributed by atoms with Crippen LogP contribution in [0.1, 0.15) is 46.5 Å². The molecule has 1 aliphatic carbocycles. The molecule has 5 unspecified atom stereocenters. The van der Waals surface area contributed by atoms with Gasteiger partial charge in [0.2, 0.25) is 0 Å². The Bertz CT molecular complexity index is 284. The molecule has 118 valence electrons. The number of hydrogen-bond acceptors (Lipinski definition) is 3. The molecule has 20 heavy (non-hydrogen) atoms. The van der Waals surface area contributed by atoms with Gasteiger partial charge in [-0.1, -0.05) is 20.8 Å². The summed E-state index contributed by atoms with van der Waals surface area (Å²) in [7, 11) is 1.86. The molecule has 1 aliphatic heterocycles. The molecule has 3 heteroatoms. The summed E-state index contributed by atoms with van der Waals surface area (Å²) in [6.07, 6.45) is 5.74. The zero-order valence-corrected chi connectivity index (χ0v) is 13.9. The van der Waals surface area contributed by atoms with E-state index in [4.69, 9.17) is 4.74 Å². The normalized spacial score (nSPS) is 39.9. The van der Waals surface area contributed by atoms with Gasteiger partial charge in [0.05, 0.1) is 6.10 Å². The zero-order valence-electron chi connectivity index (χ0n) is 13.9. The number of nitrogens with zero attached hydrogens (tertiary/aromatic N) is 1. The van der Waals surface area contributed by atoms with Crippen molar-refractivity contribution in [3.63, 3.8) is 0 Å². The third kappa shape index (κ3) is 4.19. The molecule has 0 amide bonds. The van der Waals surface area contributed by atoms with E-state index in [1.54, 1.807) is 0 Å². The standard InChI is InChI=1S/C17H34N2O/c1-5-18-17-10-13(2)9-14(3)16(17)12-19-8-6-7-15(11-19)20-4/h13-18H,5-12H2,1-4H3. The molecule has 1 N–H and O–H groups in total. The van der Waals surface area contributed by atoms with Crippen molar-refractivity contribution in [2.75, 3.05) is 33.3 Å². The molecule has 0 aromatic heterocycles. The summed E-state index contributed by atoms with van der Waals surface area (Å²) in [4.78, 5) is 2.65. The van der Waals surface area contributed by atoms with Gasteiger partial charge in [-0.25, -0.2) is 0 Å². The maximum absolute atomic E-state index is 5.57. The zero-order chi connectivity index (χ0) is 14.5. The molecule has 0 aromatic carbocycles. The first kappa shape index (κ1) is 16.3. The van der Waals surface area contributed by atoms with Crippen molar-refractivity contribution >= 4 is 0 Å². The van der Waals surface area contributed by atoms with Gasteiger partial charge in [-0.3, -0.25) is 0 Å². The minimum Gasteiger partial charge on any atom is -0.380 e. The molecule has 1 heterocycles. The van der Waals surface area contributed by atoms with Gasteiger partial charge < -0.3 is 15.0 Å². The van der Waals surface area contributed by atoms with E-state index in [2.05, 4.69) is 31.0 Å². The van der Waals surface area contributed by atoms with Crippen LogP contribution in [0.5, 0.6) is 0 Å². The van der Waals surface area contributed by atoms with Crippen LogP contribution in [-0.2, 0) is 4.74 Å². The highest BCUT2D eigenvalue weighted by Crippen LogP contribution is 2.34. The minimum absolute atomic E-state index is 0.458. The lowest BCUT2D eigenvalue weighted by Crippen LogP contribution is -2.51. The second kappa shape index (κ2) is 7.77. The van der Waals surface area contributed by atoms with Crippen LogP contribution in [0.3, 0.4) is 0 Å². The lowest BCUT2D eigenvalue weighted by molar-refractivity contribution is 0.0124. The molecule has 1 saturated heterocycles. The number of nitrogens with one attached hydrogen (secondary N) is 1. The van der Waals surface area contributed by atoms with Gasteiger partial charge in [-0.15, -0.1) is 0 Å². The summed E-state index contributed by atoms with van der Waals surface area (Å²) in [6, 6.07) is 0.710. The average molecular weight is 282 g/mol. The van der Waals surface area contributed by atoms with Gasteiger partial charge in [0.15, 0.2) is 0 Å². The largest absolute Gasteiger partial charge is 0.380 e. The van der Waals surface area contributed by atoms with E-state index in [9.17, 15) is 0 Å². The minimum atomic E-state index is 0.458. The fraction of sp³-hybridized carbons (Fsp3) is 1.00. The Morgan fingerprint density at radius 2 is 2.05 bits per heavy atom. The van der Waals surface area contributed by atoms with E-state index in [1.807, 2.05) is 7.11 Å². The van der Waals surface area contributed by atoms with Crippen LogP contribution in [0.4, 0.5) is 0 Å². The lowest BCUT2D eigenvalue weighted by Gasteiger charge is -2.44. The van der Waals surface area contributed by atoms with Crippen molar-refractivity contribution in [3.05, 3.63) is 0 Å². The highest BCUT2D eigenvalue weighted by Gasteiger charge is 2.35. The average Bonchev–Trinajstić information content (AvgIpc) is 2.43.